The molecule has 0 amide bonds. The molecule has 0 atom stereocenters. The standard InChI is InChI=1S/C14H10BrClFNO2/c15-10-2-1-9(17)5-12(10)18-6-8-3-11(16)14-13(4-8)19-7-20-14/h1-5,18H,6-7H2. The summed E-state index contributed by atoms with van der Waals surface area (Å²) in [5.74, 6) is 0.911. The first-order valence-corrected chi connectivity index (χ1v) is 7.07. The summed E-state index contributed by atoms with van der Waals surface area (Å²) in [5.41, 5.74) is 1.61. The normalized spacial score (nSPS) is 12.6. The van der Waals surface area contributed by atoms with Crippen molar-refractivity contribution in [1.29, 1.82) is 0 Å². The lowest BCUT2D eigenvalue weighted by Gasteiger charge is -2.10. The lowest BCUT2D eigenvalue weighted by atomic mass is 10.2. The van der Waals surface area contributed by atoms with E-state index in [-0.39, 0.29) is 12.6 Å². The van der Waals surface area contributed by atoms with E-state index in [4.69, 9.17) is 21.1 Å². The van der Waals surface area contributed by atoms with Crippen LogP contribution in [-0.4, -0.2) is 6.79 Å². The van der Waals surface area contributed by atoms with Crippen LogP contribution in [0.2, 0.25) is 5.02 Å². The molecular weight excluding hydrogens is 349 g/mol. The van der Waals surface area contributed by atoms with Crippen LogP contribution in [-0.2, 0) is 6.54 Å². The number of anilines is 1. The smallest absolute Gasteiger partial charge is 0.231 e. The number of ether oxygens (including phenoxy) is 2. The van der Waals surface area contributed by atoms with E-state index in [1.165, 1.54) is 12.1 Å². The molecule has 0 spiro atoms. The van der Waals surface area contributed by atoms with E-state index in [9.17, 15) is 4.39 Å². The van der Waals surface area contributed by atoms with Crippen LogP contribution in [0, 0.1) is 5.82 Å². The Morgan fingerprint density at radius 2 is 2.10 bits per heavy atom. The van der Waals surface area contributed by atoms with Gasteiger partial charge in [-0.3, -0.25) is 0 Å². The van der Waals surface area contributed by atoms with Crippen molar-refractivity contribution in [2.24, 2.45) is 0 Å². The molecule has 1 N–H and O–H groups in total. The Morgan fingerprint density at radius 3 is 2.95 bits per heavy atom. The number of hydrogen-bond acceptors (Lipinski definition) is 3. The quantitative estimate of drug-likeness (QED) is 0.871. The minimum atomic E-state index is -0.292. The fraction of sp³-hybridized carbons (Fsp3) is 0.143. The molecule has 0 radical (unpaired) electrons. The second kappa shape index (κ2) is 5.50. The summed E-state index contributed by atoms with van der Waals surface area (Å²) in [6.45, 7) is 0.680. The summed E-state index contributed by atoms with van der Waals surface area (Å²) in [4.78, 5) is 0. The zero-order valence-electron chi connectivity index (χ0n) is 10.3. The molecule has 104 valence electrons. The highest BCUT2D eigenvalue weighted by atomic mass is 79.9. The Balaban J connectivity index is 1.79. The Labute approximate surface area is 128 Å². The molecule has 0 aromatic heterocycles. The minimum Gasteiger partial charge on any atom is -0.454 e. The van der Waals surface area contributed by atoms with Gasteiger partial charge in [0.05, 0.1) is 10.7 Å². The van der Waals surface area contributed by atoms with E-state index in [0.717, 1.165) is 10.0 Å². The Morgan fingerprint density at radius 1 is 1.25 bits per heavy atom. The van der Waals surface area contributed by atoms with Crippen LogP contribution in [0.25, 0.3) is 0 Å². The van der Waals surface area contributed by atoms with Crippen molar-refractivity contribution in [3.63, 3.8) is 0 Å². The largest absolute Gasteiger partial charge is 0.454 e. The summed E-state index contributed by atoms with van der Waals surface area (Å²) >= 11 is 9.48. The molecule has 1 aliphatic rings. The lowest BCUT2D eigenvalue weighted by Crippen LogP contribution is -2.00. The van der Waals surface area contributed by atoms with Gasteiger partial charge in [-0.05, 0) is 51.8 Å². The van der Waals surface area contributed by atoms with E-state index in [2.05, 4.69) is 21.2 Å². The van der Waals surface area contributed by atoms with E-state index >= 15 is 0 Å². The van der Waals surface area contributed by atoms with Crippen LogP contribution in [0.4, 0.5) is 10.1 Å². The molecule has 6 heteroatoms. The zero-order valence-corrected chi connectivity index (χ0v) is 12.6. The highest BCUT2D eigenvalue weighted by Crippen LogP contribution is 2.40. The summed E-state index contributed by atoms with van der Waals surface area (Å²) < 4.78 is 24.6. The molecule has 0 saturated heterocycles. The lowest BCUT2D eigenvalue weighted by molar-refractivity contribution is 0.174. The SMILES string of the molecule is Fc1ccc(Br)c(NCc2cc(Cl)c3c(c2)OCO3)c1. The highest BCUT2D eigenvalue weighted by molar-refractivity contribution is 9.10. The predicted molar refractivity (Wildman–Crippen MR) is 79.0 cm³/mol. The van der Waals surface area contributed by atoms with Crippen LogP contribution in [0.1, 0.15) is 5.56 Å². The van der Waals surface area contributed by atoms with Gasteiger partial charge in [0, 0.05) is 11.0 Å². The van der Waals surface area contributed by atoms with Gasteiger partial charge in [0.25, 0.3) is 0 Å². The van der Waals surface area contributed by atoms with Crippen LogP contribution in [0.3, 0.4) is 0 Å². The minimum absolute atomic E-state index is 0.182. The summed E-state index contributed by atoms with van der Waals surface area (Å²) in [5, 5.41) is 3.66. The molecule has 0 unspecified atom stereocenters. The molecule has 0 fully saturated rings. The molecule has 1 heterocycles. The van der Waals surface area contributed by atoms with Crippen molar-refractivity contribution in [2.75, 3.05) is 12.1 Å². The summed E-state index contributed by atoms with van der Waals surface area (Å²) in [6.07, 6.45) is 0. The van der Waals surface area contributed by atoms with Crippen LogP contribution < -0.4 is 14.8 Å². The third kappa shape index (κ3) is 2.69. The van der Waals surface area contributed by atoms with Gasteiger partial charge in [-0.2, -0.15) is 0 Å². The molecule has 0 saturated carbocycles. The average molecular weight is 359 g/mol. The molecule has 3 rings (SSSR count). The topological polar surface area (TPSA) is 30.5 Å². The number of fused-ring (bicyclic) bond motifs is 1. The molecule has 0 bridgehead atoms. The maximum Gasteiger partial charge on any atom is 0.231 e. The number of hydrogen-bond donors (Lipinski definition) is 1. The van der Waals surface area contributed by atoms with Crippen molar-refractivity contribution >= 4 is 33.2 Å². The first kappa shape index (κ1) is 13.5. The van der Waals surface area contributed by atoms with Gasteiger partial charge in [-0.15, -0.1) is 0 Å². The molecule has 3 nitrogen and oxygen atoms in total. The first-order chi connectivity index (χ1) is 9.63. The van der Waals surface area contributed by atoms with Crippen molar-refractivity contribution in [3.05, 3.63) is 51.2 Å². The van der Waals surface area contributed by atoms with E-state index < -0.39 is 0 Å². The summed E-state index contributed by atoms with van der Waals surface area (Å²) in [6, 6.07) is 8.14. The first-order valence-electron chi connectivity index (χ1n) is 5.90. The molecule has 1 aliphatic heterocycles. The fourth-order valence-electron chi connectivity index (χ4n) is 1.95. The van der Waals surface area contributed by atoms with Gasteiger partial charge >= 0.3 is 0 Å². The third-order valence-electron chi connectivity index (χ3n) is 2.90. The van der Waals surface area contributed by atoms with Gasteiger partial charge in [0.15, 0.2) is 11.5 Å². The maximum absolute atomic E-state index is 13.2. The maximum atomic E-state index is 13.2. The molecule has 2 aromatic rings. The number of rotatable bonds is 3. The van der Waals surface area contributed by atoms with Crippen molar-refractivity contribution in [2.45, 2.75) is 6.54 Å². The van der Waals surface area contributed by atoms with Gasteiger partial charge in [0.1, 0.15) is 5.82 Å². The Kier molecular flexibility index (Phi) is 3.72. The van der Waals surface area contributed by atoms with Gasteiger partial charge in [-0.25, -0.2) is 4.39 Å². The van der Waals surface area contributed by atoms with E-state index in [1.807, 2.05) is 6.07 Å². The Hall–Kier alpha value is -1.46. The third-order valence-corrected chi connectivity index (χ3v) is 3.87. The monoisotopic (exact) mass is 357 g/mol. The van der Waals surface area contributed by atoms with Gasteiger partial charge in [0.2, 0.25) is 6.79 Å². The predicted octanol–water partition coefficient (Wildman–Crippen LogP) is 4.58. The second-order valence-electron chi connectivity index (χ2n) is 4.29. The van der Waals surface area contributed by atoms with Crippen molar-refractivity contribution in [1.82, 2.24) is 0 Å². The highest BCUT2D eigenvalue weighted by Gasteiger charge is 2.18. The molecule has 20 heavy (non-hydrogen) atoms. The average Bonchev–Trinajstić information content (AvgIpc) is 2.89. The van der Waals surface area contributed by atoms with E-state index in [0.29, 0.717) is 28.8 Å². The molecule has 2 aromatic carbocycles. The number of benzene rings is 2. The Bertz CT molecular complexity index is 666. The van der Waals surface area contributed by atoms with Crippen LogP contribution in [0.15, 0.2) is 34.8 Å². The summed E-state index contributed by atoms with van der Waals surface area (Å²) in [7, 11) is 0. The van der Waals surface area contributed by atoms with Gasteiger partial charge < -0.3 is 14.8 Å². The second-order valence-corrected chi connectivity index (χ2v) is 5.55. The zero-order chi connectivity index (χ0) is 14.1. The number of halogens is 3. The van der Waals surface area contributed by atoms with Crippen molar-refractivity contribution < 1.29 is 13.9 Å². The van der Waals surface area contributed by atoms with Crippen LogP contribution >= 0.6 is 27.5 Å². The molecular formula is C14H10BrClFNO2. The molecule has 0 aliphatic carbocycles. The van der Waals surface area contributed by atoms with Gasteiger partial charge in [-0.1, -0.05) is 11.6 Å². The van der Waals surface area contributed by atoms with Crippen LogP contribution in [0.5, 0.6) is 11.5 Å². The van der Waals surface area contributed by atoms with E-state index in [1.54, 1.807) is 12.1 Å². The number of nitrogens with one attached hydrogen (secondary N) is 1. The van der Waals surface area contributed by atoms with Crippen molar-refractivity contribution in [3.8, 4) is 11.5 Å². The fourth-order valence-corrected chi connectivity index (χ4v) is 2.63.